The first-order chi connectivity index (χ1) is 11.6. The summed E-state index contributed by atoms with van der Waals surface area (Å²) in [5.41, 5.74) is 1.58. The van der Waals surface area contributed by atoms with E-state index in [1.54, 1.807) is 17.4 Å². The number of hydrogen-bond donors (Lipinski definition) is 0. The quantitative estimate of drug-likeness (QED) is 0.726. The fourth-order valence-electron chi connectivity index (χ4n) is 3.07. The Morgan fingerprint density at radius 3 is 3.00 bits per heavy atom. The third kappa shape index (κ3) is 2.65. The van der Waals surface area contributed by atoms with Gasteiger partial charge in [0.05, 0.1) is 11.1 Å². The molecular weight excluding hydrogens is 326 g/mol. The third-order valence-corrected chi connectivity index (χ3v) is 5.01. The van der Waals surface area contributed by atoms with Crippen molar-refractivity contribution in [2.75, 3.05) is 13.1 Å². The maximum absolute atomic E-state index is 12.7. The molecule has 6 nitrogen and oxygen atoms in total. The van der Waals surface area contributed by atoms with Crippen molar-refractivity contribution >= 4 is 17.2 Å². The van der Waals surface area contributed by atoms with E-state index in [1.807, 2.05) is 35.6 Å². The molecule has 24 heavy (non-hydrogen) atoms. The standard InChI is InChI=1S/C17H17N3O3S/c1-10-7-14(11(2)22-10)17(21)20-5-3-12(8-20)15-18-16(23-19-15)13-4-6-24-9-13/h4,6-7,9,12H,3,5,8H2,1-2H3/t12-/m1/s1. The van der Waals surface area contributed by atoms with Crippen molar-refractivity contribution in [3.8, 4) is 11.5 Å². The van der Waals surface area contributed by atoms with Gasteiger partial charge in [0, 0.05) is 24.4 Å². The van der Waals surface area contributed by atoms with Crippen molar-refractivity contribution in [1.82, 2.24) is 15.0 Å². The second kappa shape index (κ2) is 5.90. The average molecular weight is 343 g/mol. The molecule has 0 aliphatic carbocycles. The monoisotopic (exact) mass is 343 g/mol. The van der Waals surface area contributed by atoms with Crippen LogP contribution in [0.5, 0.6) is 0 Å². The number of carbonyl (C=O) groups is 1. The van der Waals surface area contributed by atoms with Crippen molar-refractivity contribution in [1.29, 1.82) is 0 Å². The molecule has 0 spiro atoms. The van der Waals surface area contributed by atoms with E-state index in [0.717, 1.165) is 17.7 Å². The van der Waals surface area contributed by atoms with Crippen LogP contribution in [0.3, 0.4) is 0 Å². The summed E-state index contributed by atoms with van der Waals surface area (Å²) in [5, 5.41) is 8.06. The molecule has 0 bridgehead atoms. The molecule has 1 amide bonds. The second-order valence-corrected chi connectivity index (χ2v) is 6.81. The van der Waals surface area contributed by atoms with Crippen LogP contribution in [-0.4, -0.2) is 34.0 Å². The van der Waals surface area contributed by atoms with Gasteiger partial charge in [-0.2, -0.15) is 16.3 Å². The summed E-state index contributed by atoms with van der Waals surface area (Å²) in [7, 11) is 0. The van der Waals surface area contributed by atoms with Gasteiger partial charge in [0.2, 0.25) is 0 Å². The lowest BCUT2D eigenvalue weighted by atomic mass is 10.1. The Hall–Kier alpha value is -2.41. The molecule has 0 aromatic carbocycles. The first kappa shape index (κ1) is 15.1. The van der Waals surface area contributed by atoms with Gasteiger partial charge in [-0.1, -0.05) is 5.16 Å². The SMILES string of the molecule is Cc1cc(C(=O)N2CC[C@@H](c3noc(-c4ccsc4)n3)C2)c(C)o1. The van der Waals surface area contributed by atoms with E-state index in [9.17, 15) is 4.79 Å². The Morgan fingerprint density at radius 2 is 2.29 bits per heavy atom. The van der Waals surface area contributed by atoms with Crippen LogP contribution >= 0.6 is 11.3 Å². The molecule has 3 aromatic rings. The summed E-state index contributed by atoms with van der Waals surface area (Å²) in [6.45, 7) is 4.96. The summed E-state index contributed by atoms with van der Waals surface area (Å²) in [6.07, 6.45) is 0.838. The number of rotatable bonds is 3. The molecule has 0 saturated carbocycles. The van der Waals surface area contributed by atoms with E-state index in [2.05, 4.69) is 10.1 Å². The molecule has 0 N–H and O–H groups in total. The van der Waals surface area contributed by atoms with Crippen LogP contribution in [0.15, 0.2) is 31.8 Å². The lowest BCUT2D eigenvalue weighted by Crippen LogP contribution is -2.28. The van der Waals surface area contributed by atoms with Gasteiger partial charge in [0.25, 0.3) is 11.8 Å². The minimum Gasteiger partial charge on any atom is -0.466 e. The molecule has 7 heteroatoms. The molecule has 1 aliphatic heterocycles. The van der Waals surface area contributed by atoms with Crippen LogP contribution < -0.4 is 0 Å². The molecule has 1 saturated heterocycles. The summed E-state index contributed by atoms with van der Waals surface area (Å²) >= 11 is 1.59. The predicted molar refractivity (Wildman–Crippen MR) is 89.1 cm³/mol. The molecule has 1 atom stereocenters. The van der Waals surface area contributed by atoms with Gasteiger partial charge in [-0.05, 0) is 37.8 Å². The van der Waals surface area contributed by atoms with E-state index < -0.39 is 0 Å². The van der Waals surface area contributed by atoms with Crippen molar-refractivity contribution in [3.05, 3.63) is 45.8 Å². The van der Waals surface area contributed by atoms with Crippen molar-refractivity contribution in [3.63, 3.8) is 0 Å². The second-order valence-electron chi connectivity index (χ2n) is 6.03. The minimum absolute atomic E-state index is 0.00778. The van der Waals surface area contributed by atoms with E-state index in [1.165, 1.54) is 0 Å². The maximum atomic E-state index is 12.7. The predicted octanol–water partition coefficient (Wildman–Crippen LogP) is 3.64. The van der Waals surface area contributed by atoms with E-state index in [-0.39, 0.29) is 11.8 Å². The van der Waals surface area contributed by atoms with Gasteiger partial charge in [-0.15, -0.1) is 0 Å². The molecule has 4 heterocycles. The number of nitrogens with zero attached hydrogens (tertiary/aromatic N) is 3. The Balaban J connectivity index is 1.48. The van der Waals surface area contributed by atoms with Crippen LogP contribution in [0.25, 0.3) is 11.5 Å². The van der Waals surface area contributed by atoms with Crippen molar-refractivity contribution in [2.45, 2.75) is 26.2 Å². The third-order valence-electron chi connectivity index (χ3n) is 4.32. The summed E-state index contributed by atoms with van der Waals surface area (Å²) < 4.78 is 10.8. The summed E-state index contributed by atoms with van der Waals surface area (Å²) in [4.78, 5) is 19.0. The van der Waals surface area contributed by atoms with Gasteiger partial charge < -0.3 is 13.8 Å². The smallest absolute Gasteiger partial charge is 0.258 e. The fourth-order valence-corrected chi connectivity index (χ4v) is 3.70. The molecule has 4 rings (SSSR count). The van der Waals surface area contributed by atoms with Crippen LogP contribution in [0.1, 0.15) is 40.0 Å². The number of thiophene rings is 1. The summed E-state index contributed by atoms with van der Waals surface area (Å²) in [5.74, 6) is 2.75. The number of aromatic nitrogens is 2. The number of likely N-dealkylation sites (tertiary alicyclic amines) is 1. The minimum atomic E-state index is 0.00778. The fraction of sp³-hybridized carbons (Fsp3) is 0.353. The molecular formula is C17H17N3O3S. The normalized spacial score (nSPS) is 17.6. The first-order valence-electron chi connectivity index (χ1n) is 7.84. The van der Waals surface area contributed by atoms with E-state index in [4.69, 9.17) is 8.94 Å². The molecule has 0 unspecified atom stereocenters. The molecule has 1 aliphatic rings. The summed E-state index contributed by atoms with van der Waals surface area (Å²) in [6, 6.07) is 3.75. The van der Waals surface area contributed by atoms with Crippen LogP contribution in [0.2, 0.25) is 0 Å². The average Bonchev–Trinajstić information content (AvgIpc) is 3.33. The van der Waals surface area contributed by atoms with Gasteiger partial charge >= 0.3 is 0 Å². The molecule has 3 aromatic heterocycles. The number of hydrogen-bond acceptors (Lipinski definition) is 6. The highest BCUT2D eigenvalue weighted by Crippen LogP contribution is 2.29. The van der Waals surface area contributed by atoms with Crippen molar-refractivity contribution < 1.29 is 13.7 Å². The van der Waals surface area contributed by atoms with Crippen LogP contribution in [0, 0.1) is 13.8 Å². The zero-order chi connectivity index (χ0) is 16.7. The van der Waals surface area contributed by atoms with E-state index in [0.29, 0.717) is 36.1 Å². The Bertz CT molecular complexity index is 866. The molecule has 0 radical (unpaired) electrons. The highest BCUT2D eigenvalue weighted by Gasteiger charge is 2.32. The highest BCUT2D eigenvalue weighted by atomic mass is 32.1. The largest absolute Gasteiger partial charge is 0.466 e. The van der Waals surface area contributed by atoms with Crippen LogP contribution in [0.4, 0.5) is 0 Å². The van der Waals surface area contributed by atoms with Crippen LogP contribution in [-0.2, 0) is 0 Å². The number of carbonyl (C=O) groups excluding carboxylic acids is 1. The highest BCUT2D eigenvalue weighted by molar-refractivity contribution is 7.08. The Labute approximate surface area is 143 Å². The van der Waals surface area contributed by atoms with E-state index >= 15 is 0 Å². The van der Waals surface area contributed by atoms with Crippen molar-refractivity contribution in [2.24, 2.45) is 0 Å². The Kier molecular flexibility index (Phi) is 3.72. The van der Waals surface area contributed by atoms with Gasteiger partial charge in [-0.3, -0.25) is 4.79 Å². The van der Waals surface area contributed by atoms with Gasteiger partial charge in [0.15, 0.2) is 5.82 Å². The zero-order valence-electron chi connectivity index (χ0n) is 13.5. The van der Waals surface area contributed by atoms with Gasteiger partial charge in [0.1, 0.15) is 11.5 Å². The molecule has 124 valence electrons. The molecule has 1 fully saturated rings. The zero-order valence-corrected chi connectivity index (χ0v) is 14.3. The topological polar surface area (TPSA) is 72.4 Å². The lowest BCUT2D eigenvalue weighted by Gasteiger charge is -2.15. The first-order valence-corrected chi connectivity index (χ1v) is 8.78. The van der Waals surface area contributed by atoms with Gasteiger partial charge in [-0.25, -0.2) is 0 Å². The lowest BCUT2D eigenvalue weighted by molar-refractivity contribution is 0.0788. The Morgan fingerprint density at radius 1 is 1.42 bits per heavy atom. The number of furan rings is 1. The maximum Gasteiger partial charge on any atom is 0.258 e. The number of amides is 1. The number of aryl methyl sites for hydroxylation is 2.